The Morgan fingerprint density at radius 1 is 0.860 bits per heavy atom. The smallest absolute Gasteiger partial charge is 0.270 e. The summed E-state index contributed by atoms with van der Waals surface area (Å²) in [6, 6.07) is 17.6. The van der Waals surface area contributed by atoms with Crippen molar-refractivity contribution in [2.45, 2.75) is 62.2 Å². The maximum absolute atomic E-state index is 14.6. The Labute approximate surface area is 337 Å². The topological polar surface area (TPSA) is 205 Å². The van der Waals surface area contributed by atoms with Gasteiger partial charge in [-0.3, -0.25) is 23.9 Å². The van der Waals surface area contributed by atoms with Crippen molar-refractivity contribution in [3.8, 4) is 17.2 Å². The van der Waals surface area contributed by atoms with Gasteiger partial charge in [-0.05, 0) is 73.6 Å². The molecule has 2 aliphatic carbocycles. The van der Waals surface area contributed by atoms with Crippen LogP contribution < -0.4 is 20.3 Å². The fourth-order valence-electron chi connectivity index (χ4n) is 7.13. The molecule has 2 saturated carbocycles. The van der Waals surface area contributed by atoms with E-state index in [0.717, 1.165) is 17.4 Å². The number of hydrogen-bond acceptors (Lipinski definition) is 10. The fourth-order valence-corrected chi connectivity index (χ4v) is 8.07. The van der Waals surface area contributed by atoms with Gasteiger partial charge < -0.3 is 10.6 Å². The molecule has 4 heterocycles. The molecule has 0 radical (unpaired) electrons. The van der Waals surface area contributed by atoms with Crippen molar-refractivity contribution in [1.29, 1.82) is 5.26 Å². The summed E-state index contributed by atoms with van der Waals surface area (Å²) >= 11 is 12.7. The molecule has 8 rings (SSSR count). The Balaban J connectivity index is 1.06. The van der Waals surface area contributed by atoms with Crippen LogP contribution in [0.15, 0.2) is 79.4 Å². The van der Waals surface area contributed by atoms with Crippen LogP contribution in [0.3, 0.4) is 0 Å². The molecule has 1 aliphatic heterocycles. The van der Waals surface area contributed by atoms with E-state index in [2.05, 4.69) is 35.3 Å². The minimum absolute atomic E-state index is 0.0624. The van der Waals surface area contributed by atoms with Gasteiger partial charge in [0.05, 0.1) is 29.4 Å². The highest BCUT2D eigenvalue weighted by atomic mass is 35.5. The summed E-state index contributed by atoms with van der Waals surface area (Å²) in [7, 11) is -3.37. The van der Waals surface area contributed by atoms with Crippen molar-refractivity contribution < 1.29 is 22.8 Å². The zero-order valence-corrected chi connectivity index (χ0v) is 32.9. The number of anilines is 2. The molecule has 2 fully saturated rings. The Kier molecular flexibility index (Phi) is 9.39. The third-order valence-corrected chi connectivity index (χ3v) is 11.6. The summed E-state index contributed by atoms with van der Waals surface area (Å²) in [4.78, 5) is 61.4. The number of nitrogens with one attached hydrogen (secondary N) is 3. The molecule has 0 unspecified atom stereocenters. The summed E-state index contributed by atoms with van der Waals surface area (Å²) in [5.74, 6) is -1.05. The first kappa shape index (κ1) is 38.2. The summed E-state index contributed by atoms with van der Waals surface area (Å²) in [6.45, 7) is 1.83. The van der Waals surface area contributed by atoms with E-state index < -0.39 is 32.5 Å². The summed E-state index contributed by atoms with van der Waals surface area (Å²) < 4.78 is 27.0. The summed E-state index contributed by atoms with van der Waals surface area (Å²) in [6.07, 6.45) is 9.46. The molecule has 0 saturated heterocycles. The lowest BCUT2D eigenvalue weighted by atomic mass is 9.90. The van der Waals surface area contributed by atoms with E-state index >= 15 is 0 Å². The van der Waals surface area contributed by atoms with Crippen LogP contribution in [0.5, 0.6) is 0 Å². The van der Waals surface area contributed by atoms with E-state index in [1.165, 1.54) is 11.1 Å². The molecule has 290 valence electrons. The number of halogens is 2. The van der Waals surface area contributed by atoms with Gasteiger partial charge in [0.1, 0.15) is 22.8 Å². The number of sulfonamides is 1. The van der Waals surface area contributed by atoms with Crippen molar-refractivity contribution >= 4 is 62.6 Å². The number of benzene rings is 2. The standard InChI is InChI=1S/C39H34Cl2N10O5S/c1-37(16-23-3-6-25(7-4-23)26-20-44-32(17-42)45-21-26)35(54)50(29-14-27(40)13-28(41)15-29)36-46-22-30(51(36)37)33(52)48-39(11-12-39)34(53)49-38(9-10-38)31-8-5-24(18-43-31)19-47-57(2,55)56/h3-8,13-15,18,20-22,47H,9-12,16,19H2,1-2H3,(H,48,52)(H,49,53)/t37-/m1/s1. The van der Waals surface area contributed by atoms with Crippen molar-refractivity contribution in [2.24, 2.45) is 0 Å². The third-order valence-electron chi connectivity index (χ3n) is 10.5. The molecule has 1 atom stereocenters. The number of rotatable bonds is 12. The van der Waals surface area contributed by atoms with Crippen LogP contribution in [-0.4, -0.2) is 62.4 Å². The number of aromatic nitrogens is 5. The lowest BCUT2D eigenvalue weighted by Crippen LogP contribution is -2.52. The largest absolute Gasteiger partial charge is 0.343 e. The number of carbonyl (C=O) groups is 3. The van der Waals surface area contributed by atoms with Gasteiger partial charge in [-0.15, -0.1) is 0 Å². The summed E-state index contributed by atoms with van der Waals surface area (Å²) in [5, 5.41) is 15.8. The van der Waals surface area contributed by atoms with E-state index in [1.807, 2.05) is 30.3 Å². The molecule has 3 aromatic heterocycles. The molecule has 15 nitrogen and oxygen atoms in total. The van der Waals surface area contributed by atoms with Gasteiger partial charge in [-0.25, -0.2) is 33.0 Å². The zero-order chi connectivity index (χ0) is 40.3. The quantitative estimate of drug-likeness (QED) is 0.159. The van der Waals surface area contributed by atoms with Crippen molar-refractivity contribution in [2.75, 3.05) is 11.2 Å². The highest BCUT2D eigenvalue weighted by Crippen LogP contribution is 2.47. The predicted molar refractivity (Wildman–Crippen MR) is 210 cm³/mol. The lowest BCUT2D eigenvalue weighted by molar-refractivity contribution is -0.125. The maximum atomic E-state index is 14.6. The van der Waals surface area contributed by atoms with Gasteiger partial charge in [0, 0.05) is 47.2 Å². The number of nitriles is 1. The first-order valence-corrected chi connectivity index (χ1v) is 20.5. The van der Waals surface area contributed by atoms with E-state index in [0.29, 0.717) is 58.2 Å². The zero-order valence-electron chi connectivity index (χ0n) is 30.6. The Morgan fingerprint density at radius 3 is 2.11 bits per heavy atom. The van der Waals surface area contributed by atoms with Gasteiger partial charge in [0.2, 0.25) is 27.7 Å². The monoisotopic (exact) mass is 824 g/mol. The number of nitrogens with zero attached hydrogens (tertiary/aromatic N) is 7. The summed E-state index contributed by atoms with van der Waals surface area (Å²) in [5.41, 5.74) is 0.821. The van der Waals surface area contributed by atoms with Gasteiger partial charge in [-0.2, -0.15) is 5.26 Å². The van der Waals surface area contributed by atoms with E-state index in [9.17, 15) is 22.8 Å². The number of amides is 3. The molecule has 2 aromatic carbocycles. The van der Waals surface area contributed by atoms with Crippen LogP contribution in [0.25, 0.3) is 11.1 Å². The molecule has 0 bridgehead atoms. The highest BCUT2D eigenvalue weighted by Gasteiger charge is 2.57. The minimum Gasteiger partial charge on any atom is -0.343 e. The Bertz CT molecular complexity index is 2580. The first-order chi connectivity index (χ1) is 27.1. The van der Waals surface area contributed by atoms with E-state index in [-0.39, 0.29) is 42.2 Å². The van der Waals surface area contributed by atoms with Gasteiger partial charge in [-0.1, -0.05) is 53.5 Å². The fraction of sp³-hybridized carbons (Fsp3) is 0.282. The lowest BCUT2D eigenvalue weighted by Gasteiger charge is -2.27. The number of carbonyl (C=O) groups excluding carboxylic acids is 3. The number of hydrogen-bond donors (Lipinski definition) is 3. The van der Waals surface area contributed by atoms with E-state index in [1.54, 1.807) is 60.4 Å². The third kappa shape index (κ3) is 7.35. The average molecular weight is 826 g/mol. The van der Waals surface area contributed by atoms with Crippen LogP contribution in [0.1, 0.15) is 65.7 Å². The van der Waals surface area contributed by atoms with Crippen LogP contribution in [0.2, 0.25) is 10.0 Å². The van der Waals surface area contributed by atoms with Crippen LogP contribution >= 0.6 is 23.2 Å². The van der Waals surface area contributed by atoms with Gasteiger partial charge in [0.15, 0.2) is 0 Å². The average Bonchev–Trinajstić information content (AvgIpc) is 4.09. The second-order valence-corrected chi connectivity index (χ2v) is 17.5. The minimum atomic E-state index is -3.37. The molecule has 3 N–H and O–H groups in total. The van der Waals surface area contributed by atoms with Gasteiger partial charge >= 0.3 is 0 Å². The van der Waals surface area contributed by atoms with Crippen LogP contribution in [0, 0.1) is 11.3 Å². The van der Waals surface area contributed by atoms with Crippen molar-refractivity contribution in [3.63, 3.8) is 0 Å². The number of imidazole rings is 1. The number of fused-ring (bicyclic) bond motifs is 1. The maximum Gasteiger partial charge on any atom is 0.270 e. The van der Waals surface area contributed by atoms with E-state index in [4.69, 9.17) is 28.5 Å². The molecule has 5 aromatic rings. The predicted octanol–water partition coefficient (Wildman–Crippen LogP) is 4.67. The Hall–Kier alpha value is -5.73. The number of pyridine rings is 1. The van der Waals surface area contributed by atoms with Gasteiger partial charge in [0.25, 0.3) is 11.8 Å². The molecule has 3 amide bonds. The Morgan fingerprint density at radius 2 is 1.53 bits per heavy atom. The molecule has 0 spiro atoms. The molecule has 57 heavy (non-hydrogen) atoms. The molecular weight excluding hydrogens is 791 g/mol. The second kappa shape index (κ2) is 14.0. The molecular formula is C39H34Cl2N10O5S. The SMILES string of the molecule is C[C@@]1(Cc2ccc(-c3cnc(C#N)nc3)cc2)C(=O)N(c2cc(Cl)cc(Cl)c2)c2ncc(C(=O)NC3(C(=O)NC4(c5ccc(CNS(C)(=O)=O)cn5)CC4)CC3)n21. The molecule has 3 aliphatic rings. The second-order valence-electron chi connectivity index (χ2n) is 14.8. The normalized spacial score (nSPS) is 18.7. The molecule has 18 heteroatoms. The first-order valence-electron chi connectivity index (χ1n) is 17.9. The van der Waals surface area contributed by atoms with Crippen molar-refractivity contribution in [1.82, 2.24) is 39.9 Å². The van der Waals surface area contributed by atoms with Crippen LogP contribution in [0.4, 0.5) is 11.6 Å². The van der Waals surface area contributed by atoms with Crippen LogP contribution in [-0.2, 0) is 43.7 Å². The van der Waals surface area contributed by atoms with Crippen molar-refractivity contribution in [3.05, 3.63) is 118 Å². The highest BCUT2D eigenvalue weighted by molar-refractivity contribution is 7.88.